The van der Waals surface area contributed by atoms with Gasteiger partial charge in [0, 0.05) is 16.9 Å². The van der Waals surface area contributed by atoms with E-state index in [4.69, 9.17) is 0 Å². The van der Waals surface area contributed by atoms with Gasteiger partial charge in [-0.15, -0.1) is 0 Å². The molecule has 0 unspecified atom stereocenters. The molecule has 0 saturated carbocycles. The molecule has 0 heterocycles. The van der Waals surface area contributed by atoms with Crippen molar-refractivity contribution < 1.29 is 0 Å². The molecule has 0 radical (unpaired) electrons. The Hall–Kier alpha value is -4.62. The van der Waals surface area contributed by atoms with Gasteiger partial charge in [-0.1, -0.05) is 127 Å². The zero-order valence-electron chi connectivity index (χ0n) is 19.4. The summed E-state index contributed by atoms with van der Waals surface area (Å²) in [5.74, 6) is 0. The van der Waals surface area contributed by atoms with E-state index in [2.05, 4.69) is 151 Å². The second-order valence-electron chi connectivity index (χ2n) is 8.69. The normalized spacial score (nSPS) is 10.9. The Morgan fingerprint density at radius 3 is 1.77 bits per heavy atom. The monoisotopic (exact) mass is 447 g/mol. The van der Waals surface area contributed by atoms with Gasteiger partial charge in [0.2, 0.25) is 0 Å². The molecule has 0 fully saturated rings. The number of rotatable bonds is 5. The van der Waals surface area contributed by atoms with E-state index in [-0.39, 0.29) is 0 Å². The highest BCUT2D eigenvalue weighted by atomic mass is 14.9. The van der Waals surface area contributed by atoms with E-state index < -0.39 is 0 Å². The lowest BCUT2D eigenvalue weighted by Crippen LogP contribution is -1.95. The van der Waals surface area contributed by atoms with Crippen molar-refractivity contribution in [2.75, 3.05) is 5.32 Å². The number of fused-ring (bicyclic) bond motifs is 1. The number of nitrogens with one attached hydrogen (secondary N) is 1. The van der Waals surface area contributed by atoms with Crippen LogP contribution in [0.1, 0.15) is 0 Å². The molecule has 0 bridgehead atoms. The quantitative estimate of drug-likeness (QED) is 0.277. The van der Waals surface area contributed by atoms with Crippen molar-refractivity contribution in [2.24, 2.45) is 0 Å². The third kappa shape index (κ3) is 4.20. The molecule has 6 rings (SSSR count). The van der Waals surface area contributed by atoms with Gasteiger partial charge in [0.25, 0.3) is 0 Å². The van der Waals surface area contributed by atoms with Crippen molar-refractivity contribution in [3.05, 3.63) is 146 Å². The first kappa shape index (κ1) is 20.9. The largest absolute Gasteiger partial charge is 0.355 e. The van der Waals surface area contributed by atoms with Crippen molar-refractivity contribution in [3.63, 3.8) is 0 Å². The van der Waals surface area contributed by atoms with Crippen LogP contribution in [0.15, 0.2) is 146 Å². The fourth-order valence-electron chi connectivity index (χ4n) is 4.79. The molecule has 6 aromatic carbocycles. The fourth-order valence-corrected chi connectivity index (χ4v) is 4.79. The summed E-state index contributed by atoms with van der Waals surface area (Å²) >= 11 is 0. The minimum Gasteiger partial charge on any atom is -0.355 e. The standard InChI is InChI=1S/C34H25N/c1-3-12-26(13-4-1)30-19-9-10-21-34(30)35-28-22-23-32(33(24-28)27-14-5-2-6-15-27)31-20-11-17-25-16-7-8-18-29(25)31/h1-24,35H. The van der Waals surface area contributed by atoms with Crippen LogP contribution in [0.3, 0.4) is 0 Å². The summed E-state index contributed by atoms with van der Waals surface area (Å²) in [5, 5.41) is 6.22. The lowest BCUT2D eigenvalue weighted by atomic mass is 9.91. The maximum absolute atomic E-state index is 3.70. The molecule has 1 heteroatoms. The summed E-state index contributed by atoms with van der Waals surface area (Å²) in [7, 11) is 0. The molecule has 0 aliphatic rings. The number of hydrogen-bond donors (Lipinski definition) is 1. The summed E-state index contributed by atoms with van der Waals surface area (Å²) in [5.41, 5.74) is 9.44. The fraction of sp³-hybridized carbons (Fsp3) is 0. The van der Waals surface area contributed by atoms with E-state index in [1.165, 1.54) is 44.2 Å². The van der Waals surface area contributed by atoms with Crippen LogP contribution in [0, 0.1) is 0 Å². The minimum absolute atomic E-state index is 1.07. The third-order valence-corrected chi connectivity index (χ3v) is 6.48. The van der Waals surface area contributed by atoms with E-state index in [1.54, 1.807) is 0 Å². The van der Waals surface area contributed by atoms with E-state index >= 15 is 0 Å². The lowest BCUT2D eigenvalue weighted by molar-refractivity contribution is 1.52. The Balaban J connectivity index is 1.48. The molecule has 0 atom stereocenters. The topological polar surface area (TPSA) is 12.0 Å². The molecule has 6 aromatic rings. The van der Waals surface area contributed by atoms with Crippen LogP contribution in [0.5, 0.6) is 0 Å². The van der Waals surface area contributed by atoms with Crippen molar-refractivity contribution in [3.8, 4) is 33.4 Å². The van der Waals surface area contributed by atoms with Crippen LogP contribution in [0.4, 0.5) is 11.4 Å². The van der Waals surface area contributed by atoms with Gasteiger partial charge in [-0.25, -0.2) is 0 Å². The number of anilines is 2. The molecule has 0 aliphatic heterocycles. The highest BCUT2D eigenvalue weighted by molar-refractivity contribution is 6.01. The SMILES string of the molecule is c1ccc(-c2ccccc2Nc2ccc(-c3cccc4ccccc34)c(-c3ccccc3)c2)cc1. The van der Waals surface area contributed by atoms with Gasteiger partial charge in [-0.05, 0) is 56.8 Å². The maximum Gasteiger partial charge on any atom is 0.0463 e. The zero-order chi connectivity index (χ0) is 23.5. The first-order valence-corrected chi connectivity index (χ1v) is 12.0. The van der Waals surface area contributed by atoms with Gasteiger partial charge in [-0.3, -0.25) is 0 Å². The third-order valence-electron chi connectivity index (χ3n) is 6.48. The number of benzene rings is 6. The molecule has 1 N–H and O–H groups in total. The van der Waals surface area contributed by atoms with E-state index in [9.17, 15) is 0 Å². The van der Waals surface area contributed by atoms with Crippen LogP contribution in [-0.4, -0.2) is 0 Å². The van der Waals surface area contributed by atoms with Gasteiger partial charge >= 0.3 is 0 Å². The van der Waals surface area contributed by atoms with Crippen molar-refractivity contribution >= 4 is 22.1 Å². The van der Waals surface area contributed by atoms with Crippen LogP contribution in [0.2, 0.25) is 0 Å². The van der Waals surface area contributed by atoms with Gasteiger partial charge in [0.1, 0.15) is 0 Å². The van der Waals surface area contributed by atoms with Gasteiger partial charge in [0.15, 0.2) is 0 Å². The second-order valence-corrected chi connectivity index (χ2v) is 8.69. The molecule has 0 saturated heterocycles. The van der Waals surface area contributed by atoms with Crippen LogP contribution < -0.4 is 5.32 Å². The Kier molecular flexibility index (Phi) is 5.58. The molecule has 0 spiro atoms. The van der Waals surface area contributed by atoms with Crippen molar-refractivity contribution in [1.82, 2.24) is 0 Å². The molecule has 166 valence electrons. The molecule has 35 heavy (non-hydrogen) atoms. The van der Waals surface area contributed by atoms with Gasteiger partial charge < -0.3 is 5.32 Å². The van der Waals surface area contributed by atoms with Gasteiger partial charge in [0.05, 0.1) is 0 Å². The Morgan fingerprint density at radius 2 is 0.971 bits per heavy atom. The Morgan fingerprint density at radius 1 is 0.371 bits per heavy atom. The predicted molar refractivity (Wildman–Crippen MR) is 150 cm³/mol. The van der Waals surface area contributed by atoms with Crippen molar-refractivity contribution in [2.45, 2.75) is 0 Å². The zero-order valence-corrected chi connectivity index (χ0v) is 19.4. The molecule has 0 aliphatic carbocycles. The van der Waals surface area contributed by atoms with Crippen LogP contribution in [-0.2, 0) is 0 Å². The second kappa shape index (κ2) is 9.32. The smallest absolute Gasteiger partial charge is 0.0463 e. The van der Waals surface area contributed by atoms with Crippen LogP contribution in [0.25, 0.3) is 44.2 Å². The summed E-state index contributed by atoms with van der Waals surface area (Å²) in [6, 6.07) is 51.5. The molecule has 0 amide bonds. The highest BCUT2D eigenvalue weighted by Gasteiger charge is 2.12. The molecule has 1 nitrogen and oxygen atoms in total. The number of para-hydroxylation sites is 1. The van der Waals surface area contributed by atoms with E-state index in [1.807, 2.05) is 0 Å². The predicted octanol–water partition coefficient (Wildman–Crippen LogP) is 9.58. The summed E-state index contributed by atoms with van der Waals surface area (Å²) in [6.07, 6.45) is 0. The number of hydrogen-bond acceptors (Lipinski definition) is 1. The summed E-state index contributed by atoms with van der Waals surface area (Å²) in [4.78, 5) is 0. The first-order chi connectivity index (χ1) is 17.4. The minimum atomic E-state index is 1.07. The average Bonchev–Trinajstić information content (AvgIpc) is 2.94. The average molecular weight is 448 g/mol. The van der Waals surface area contributed by atoms with E-state index in [0.717, 1.165) is 11.4 Å². The first-order valence-electron chi connectivity index (χ1n) is 12.0. The van der Waals surface area contributed by atoms with Crippen LogP contribution >= 0.6 is 0 Å². The Labute approximate surface area is 206 Å². The summed E-state index contributed by atoms with van der Waals surface area (Å²) in [6.45, 7) is 0. The molecular formula is C34H25N. The lowest BCUT2D eigenvalue weighted by Gasteiger charge is -2.17. The van der Waals surface area contributed by atoms with Gasteiger partial charge in [-0.2, -0.15) is 0 Å². The molecular weight excluding hydrogens is 422 g/mol. The Bertz CT molecular complexity index is 1600. The molecule has 0 aromatic heterocycles. The van der Waals surface area contributed by atoms with E-state index in [0.29, 0.717) is 0 Å². The summed E-state index contributed by atoms with van der Waals surface area (Å²) < 4.78 is 0. The maximum atomic E-state index is 3.70. The van der Waals surface area contributed by atoms with Crippen molar-refractivity contribution in [1.29, 1.82) is 0 Å². The highest BCUT2D eigenvalue weighted by Crippen LogP contribution is 2.39.